The van der Waals surface area contributed by atoms with E-state index >= 15 is 0 Å². The minimum absolute atomic E-state index is 0.00348. The summed E-state index contributed by atoms with van der Waals surface area (Å²) in [6, 6.07) is -0.907. The molecule has 0 radical (unpaired) electrons. The maximum absolute atomic E-state index is 13.3. The van der Waals surface area contributed by atoms with Gasteiger partial charge in [0.05, 0.1) is 12.6 Å². The average molecular weight is 420 g/mol. The van der Waals surface area contributed by atoms with Crippen molar-refractivity contribution in [2.75, 3.05) is 19.7 Å². The van der Waals surface area contributed by atoms with Gasteiger partial charge in [-0.3, -0.25) is 14.4 Å². The molecule has 7 nitrogen and oxygen atoms in total. The number of hydrogen-bond donors (Lipinski definition) is 3. The molecule has 3 amide bonds. The molecule has 7 heteroatoms. The molecule has 0 bridgehead atoms. The Morgan fingerprint density at radius 3 is 2.60 bits per heavy atom. The topological polar surface area (TPSA) is 98.7 Å². The lowest BCUT2D eigenvalue weighted by molar-refractivity contribution is -0.141. The van der Waals surface area contributed by atoms with E-state index in [4.69, 9.17) is 0 Å². The summed E-state index contributed by atoms with van der Waals surface area (Å²) < 4.78 is 0. The van der Waals surface area contributed by atoms with Gasteiger partial charge in [0.2, 0.25) is 17.7 Å². The van der Waals surface area contributed by atoms with Gasteiger partial charge in [-0.05, 0) is 48.9 Å². The van der Waals surface area contributed by atoms with Crippen molar-refractivity contribution >= 4 is 17.7 Å². The number of likely N-dealkylation sites (tertiary alicyclic amines) is 1. The summed E-state index contributed by atoms with van der Waals surface area (Å²) in [5.41, 5.74) is 0.0731. The van der Waals surface area contributed by atoms with Crippen LogP contribution < -0.4 is 10.6 Å². The second-order valence-corrected chi connectivity index (χ2v) is 10.6. The van der Waals surface area contributed by atoms with E-state index in [-0.39, 0.29) is 41.6 Å². The van der Waals surface area contributed by atoms with Crippen molar-refractivity contribution in [3.8, 4) is 0 Å². The lowest BCUT2D eigenvalue weighted by Crippen LogP contribution is -2.53. The zero-order chi connectivity index (χ0) is 21.5. The first-order chi connectivity index (χ1) is 14.3. The van der Waals surface area contributed by atoms with E-state index in [1.165, 1.54) is 19.3 Å². The number of hydrogen-bond acceptors (Lipinski definition) is 4. The molecule has 5 atom stereocenters. The van der Waals surface area contributed by atoms with Gasteiger partial charge in [0, 0.05) is 25.4 Å². The SMILES string of the molecule is CC1(C)[C@@H]2[C@@H](C(=O)N[C@H](CO)C[C@@H]3CCNC3=O)N(C(=O)CC3CCCCC3)C[C@@H]21. The predicted molar refractivity (Wildman–Crippen MR) is 112 cm³/mol. The molecule has 2 aliphatic heterocycles. The molecule has 0 aromatic carbocycles. The maximum Gasteiger partial charge on any atom is 0.243 e. The van der Waals surface area contributed by atoms with Crippen LogP contribution in [0.3, 0.4) is 0 Å². The summed E-state index contributed by atoms with van der Waals surface area (Å²) in [4.78, 5) is 40.1. The summed E-state index contributed by atoms with van der Waals surface area (Å²) >= 11 is 0. The van der Waals surface area contributed by atoms with Crippen LogP contribution in [0.1, 0.15) is 65.2 Å². The standard InChI is InChI=1S/C23H37N3O4/c1-23(2)17-12-26(18(28)10-14-6-4-3-5-7-14)20(19(17)23)22(30)25-16(13-27)11-15-8-9-24-21(15)29/h14-17,19-20,27H,3-13H2,1-2H3,(H,24,29)(H,25,30)/t15-,16-,17-,19-,20-/m0/s1. The summed E-state index contributed by atoms with van der Waals surface area (Å²) in [6.45, 7) is 5.47. The fraction of sp³-hybridized carbons (Fsp3) is 0.870. The highest BCUT2D eigenvalue weighted by Crippen LogP contribution is 2.65. The van der Waals surface area contributed by atoms with Crippen LogP contribution in [0.15, 0.2) is 0 Å². The average Bonchev–Trinajstić information content (AvgIpc) is 3.09. The number of piperidine rings is 1. The summed E-state index contributed by atoms with van der Waals surface area (Å²) in [6.07, 6.45) is 7.62. The van der Waals surface area contributed by atoms with Gasteiger partial charge >= 0.3 is 0 Å². The Balaban J connectivity index is 1.40. The molecule has 0 spiro atoms. The summed E-state index contributed by atoms with van der Waals surface area (Å²) in [5, 5.41) is 15.6. The maximum atomic E-state index is 13.3. The first-order valence-corrected chi connectivity index (χ1v) is 11.8. The number of aliphatic hydroxyl groups excluding tert-OH is 1. The van der Waals surface area contributed by atoms with Crippen molar-refractivity contribution in [1.82, 2.24) is 15.5 Å². The molecular formula is C23H37N3O4. The van der Waals surface area contributed by atoms with Crippen molar-refractivity contribution in [2.24, 2.45) is 29.1 Å². The molecule has 0 unspecified atom stereocenters. The third-order valence-corrected chi connectivity index (χ3v) is 8.28. The van der Waals surface area contributed by atoms with Crippen LogP contribution in [-0.2, 0) is 14.4 Å². The van der Waals surface area contributed by atoms with Gasteiger partial charge in [-0.15, -0.1) is 0 Å². The molecule has 0 aromatic rings. The molecule has 4 fully saturated rings. The van der Waals surface area contributed by atoms with Crippen molar-refractivity contribution < 1.29 is 19.5 Å². The lowest BCUT2D eigenvalue weighted by Gasteiger charge is -2.33. The van der Waals surface area contributed by atoms with E-state index < -0.39 is 12.1 Å². The van der Waals surface area contributed by atoms with Crippen molar-refractivity contribution in [3.63, 3.8) is 0 Å². The Morgan fingerprint density at radius 2 is 1.97 bits per heavy atom. The third-order valence-electron chi connectivity index (χ3n) is 8.28. The Morgan fingerprint density at radius 1 is 1.23 bits per heavy atom. The summed E-state index contributed by atoms with van der Waals surface area (Å²) in [5.74, 6) is 0.782. The number of fused-ring (bicyclic) bond motifs is 1. The van der Waals surface area contributed by atoms with E-state index in [0.29, 0.717) is 37.8 Å². The molecule has 0 aromatic heterocycles. The number of nitrogens with zero attached hydrogens (tertiary/aromatic N) is 1. The van der Waals surface area contributed by atoms with Gasteiger partial charge in [-0.25, -0.2) is 0 Å². The van der Waals surface area contributed by atoms with Crippen LogP contribution >= 0.6 is 0 Å². The zero-order valence-corrected chi connectivity index (χ0v) is 18.4. The molecule has 4 rings (SSSR count). The first kappa shape index (κ1) is 21.6. The molecule has 30 heavy (non-hydrogen) atoms. The minimum atomic E-state index is -0.456. The molecule has 2 saturated carbocycles. The summed E-state index contributed by atoms with van der Waals surface area (Å²) in [7, 11) is 0. The van der Waals surface area contributed by atoms with E-state index in [2.05, 4.69) is 24.5 Å². The van der Waals surface area contributed by atoms with Gasteiger partial charge in [-0.1, -0.05) is 33.1 Å². The number of nitrogens with one attached hydrogen (secondary N) is 2. The Labute approximate surface area is 179 Å². The van der Waals surface area contributed by atoms with E-state index in [1.54, 1.807) is 0 Å². The number of aliphatic hydroxyl groups is 1. The van der Waals surface area contributed by atoms with Gasteiger partial charge in [-0.2, -0.15) is 0 Å². The smallest absolute Gasteiger partial charge is 0.243 e. The van der Waals surface area contributed by atoms with Crippen LogP contribution in [0.5, 0.6) is 0 Å². The second kappa shape index (κ2) is 8.48. The normalized spacial score (nSPS) is 33.7. The van der Waals surface area contributed by atoms with Crippen LogP contribution in [0, 0.1) is 29.1 Å². The number of carbonyl (C=O) groups is 3. The molecule has 3 N–H and O–H groups in total. The van der Waals surface area contributed by atoms with E-state index in [9.17, 15) is 19.5 Å². The molecular weight excluding hydrogens is 382 g/mol. The number of rotatable bonds is 7. The zero-order valence-electron chi connectivity index (χ0n) is 18.4. The first-order valence-electron chi connectivity index (χ1n) is 11.8. The van der Waals surface area contributed by atoms with Gasteiger partial charge in [0.1, 0.15) is 6.04 Å². The highest BCUT2D eigenvalue weighted by atomic mass is 16.3. The Hall–Kier alpha value is -1.63. The second-order valence-electron chi connectivity index (χ2n) is 10.6. The monoisotopic (exact) mass is 419 g/mol. The van der Waals surface area contributed by atoms with Crippen LogP contribution in [0.2, 0.25) is 0 Å². The highest BCUT2D eigenvalue weighted by molar-refractivity contribution is 5.90. The Kier molecular flexibility index (Phi) is 6.11. The van der Waals surface area contributed by atoms with E-state index in [0.717, 1.165) is 19.3 Å². The molecule has 2 aliphatic carbocycles. The van der Waals surface area contributed by atoms with Gasteiger partial charge in [0.15, 0.2) is 0 Å². The number of amides is 3. The predicted octanol–water partition coefficient (Wildman–Crippen LogP) is 1.44. The molecule has 2 heterocycles. The lowest BCUT2D eigenvalue weighted by atomic mass is 9.86. The quantitative estimate of drug-likeness (QED) is 0.582. The van der Waals surface area contributed by atoms with Crippen LogP contribution in [-0.4, -0.2) is 59.5 Å². The largest absolute Gasteiger partial charge is 0.394 e. The number of carbonyl (C=O) groups excluding carboxylic acids is 3. The fourth-order valence-electron chi connectivity index (χ4n) is 6.28. The third kappa shape index (κ3) is 4.10. The van der Waals surface area contributed by atoms with Gasteiger partial charge in [0.25, 0.3) is 0 Å². The van der Waals surface area contributed by atoms with Crippen LogP contribution in [0.25, 0.3) is 0 Å². The van der Waals surface area contributed by atoms with E-state index in [1.807, 2.05) is 4.90 Å². The highest BCUT2D eigenvalue weighted by Gasteiger charge is 2.69. The molecule has 4 aliphatic rings. The van der Waals surface area contributed by atoms with Crippen molar-refractivity contribution in [3.05, 3.63) is 0 Å². The Bertz CT molecular complexity index is 688. The van der Waals surface area contributed by atoms with Crippen molar-refractivity contribution in [1.29, 1.82) is 0 Å². The minimum Gasteiger partial charge on any atom is -0.394 e. The van der Waals surface area contributed by atoms with Crippen LogP contribution in [0.4, 0.5) is 0 Å². The van der Waals surface area contributed by atoms with Crippen molar-refractivity contribution in [2.45, 2.75) is 77.3 Å². The molecule has 168 valence electrons. The molecule has 2 saturated heterocycles. The fourth-order valence-corrected chi connectivity index (χ4v) is 6.28. The van der Waals surface area contributed by atoms with Gasteiger partial charge < -0.3 is 20.6 Å².